The van der Waals surface area contributed by atoms with Gasteiger partial charge in [0.2, 0.25) is 5.91 Å². The minimum atomic E-state index is -0.805. The third-order valence-corrected chi connectivity index (χ3v) is 4.09. The third-order valence-electron chi connectivity index (χ3n) is 4.09. The summed E-state index contributed by atoms with van der Waals surface area (Å²) in [6, 6.07) is 9.42. The van der Waals surface area contributed by atoms with Crippen molar-refractivity contribution in [2.75, 3.05) is 0 Å². The topological polar surface area (TPSA) is 66.4 Å². The van der Waals surface area contributed by atoms with Crippen molar-refractivity contribution in [2.24, 2.45) is 5.92 Å². The van der Waals surface area contributed by atoms with Crippen LogP contribution in [0.3, 0.4) is 0 Å². The highest BCUT2D eigenvalue weighted by Crippen LogP contribution is 2.27. The van der Waals surface area contributed by atoms with Crippen LogP contribution in [0, 0.1) is 5.92 Å². The van der Waals surface area contributed by atoms with Crippen LogP contribution in [0.15, 0.2) is 30.3 Å². The van der Waals surface area contributed by atoms with Crippen molar-refractivity contribution in [2.45, 2.75) is 44.6 Å². The van der Waals surface area contributed by atoms with Gasteiger partial charge in [-0.05, 0) is 24.8 Å². The Morgan fingerprint density at radius 2 is 2.00 bits per heavy atom. The fraction of sp³-hybridized carbons (Fsp3) is 0.500. The SMILES string of the molecule is CCC(C(=O)NC1CCCC1C(=O)O)c1ccccc1. The van der Waals surface area contributed by atoms with E-state index in [-0.39, 0.29) is 17.9 Å². The molecule has 20 heavy (non-hydrogen) atoms. The largest absolute Gasteiger partial charge is 0.481 e. The Bertz CT molecular complexity index is 472. The third kappa shape index (κ3) is 3.18. The number of nitrogens with one attached hydrogen (secondary N) is 1. The zero-order valence-electron chi connectivity index (χ0n) is 11.7. The molecule has 0 saturated heterocycles. The molecule has 4 heteroatoms. The molecular formula is C16H21NO3. The molecular weight excluding hydrogens is 254 g/mol. The average molecular weight is 275 g/mol. The molecule has 0 heterocycles. The second-order valence-electron chi connectivity index (χ2n) is 5.36. The molecule has 0 aliphatic heterocycles. The van der Waals surface area contributed by atoms with Crippen LogP contribution in [0.25, 0.3) is 0 Å². The summed E-state index contributed by atoms with van der Waals surface area (Å²) in [6.07, 6.45) is 2.99. The molecule has 2 rings (SSSR count). The van der Waals surface area contributed by atoms with E-state index in [4.69, 9.17) is 5.11 Å². The van der Waals surface area contributed by atoms with E-state index in [2.05, 4.69) is 5.32 Å². The molecule has 0 bridgehead atoms. The Morgan fingerprint density at radius 3 is 2.60 bits per heavy atom. The quantitative estimate of drug-likeness (QED) is 0.868. The number of carboxylic acid groups (broad SMARTS) is 1. The van der Waals surface area contributed by atoms with E-state index >= 15 is 0 Å². The molecule has 1 aromatic carbocycles. The molecule has 0 aromatic heterocycles. The number of benzene rings is 1. The average Bonchev–Trinajstić information content (AvgIpc) is 2.89. The van der Waals surface area contributed by atoms with Crippen molar-refractivity contribution in [3.63, 3.8) is 0 Å². The molecule has 0 radical (unpaired) electrons. The molecule has 2 N–H and O–H groups in total. The van der Waals surface area contributed by atoms with Crippen molar-refractivity contribution in [3.8, 4) is 0 Å². The fourth-order valence-electron chi connectivity index (χ4n) is 2.97. The van der Waals surface area contributed by atoms with Gasteiger partial charge in [-0.3, -0.25) is 9.59 Å². The number of carbonyl (C=O) groups excluding carboxylic acids is 1. The van der Waals surface area contributed by atoms with Gasteiger partial charge >= 0.3 is 5.97 Å². The molecule has 3 atom stereocenters. The summed E-state index contributed by atoms with van der Waals surface area (Å²) in [4.78, 5) is 23.5. The van der Waals surface area contributed by atoms with Gasteiger partial charge in [0.25, 0.3) is 0 Å². The summed E-state index contributed by atoms with van der Waals surface area (Å²) in [6.45, 7) is 1.97. The summed E-state index contributed by atoms with van der Waals surface area (Å²) < 4.78 is 0. The Balaban J connectivity index is 2.05. The van der Waals surface area contributed by atoms with E-state index in [9.17, 15) is 9.59 Å². The highest BCUT2D eigenvalue weighted by atomic mass is 16.4. The van der Waals surface area contributed by atoms with Gasteiger partial charge < -0.3 is 10.4 Å². The lowest BCUT2D eigenvalue weighted by Gasteiger charge is -2.22. The number of aliphatic carboxylic acids is 1. The van der Waals surface area contributed by atoms with Crippen molar-refractivity contribution in [1.29, 1.82) is 0 Å². The maximum atomic E-state index is 12.4. The Hall–Kier alpha value is -1.84. The van der Waals surface area contributed by atoms with Gasteiger partial charge in [-0.25, -0.2) is 0 Å². The normalized spacial score (nSPS) is 23.2. The summed E-state index contributed by atoms with van der Waals surface area (Å²) in [5, 5.41) is 12.1. The van der Waals surface area contributed by atoms with Crippen molar-refractivity contribution >= 4 is 11.9 Å². The molecule has 1 aliphatic carbocycles. The van der Waals surface area contributed by atoms with Crippen LogP contribution in [0.4, 0.5) is 0 Å². The second kappa shape index (κ2) is 6.55. The first-order valence-corrected chi connectivity index (χ1v) is 7.21. The molecule has 1 amide bonds. The zero-order valence-corrected chi connectivity index (χ0v) is 11.7. The predicted octanol–water partition coefficient (Wildman–Crippen LogP) is 2.55. The van der Waals surface area contributed by atoms with Gasteiger partial charge in [-0.15, -0.1) is 0 Å². The van der Waals surface area contributed by atoms with Crippen LogP contribution >= 0.6 is 0 Å². The summed E-state index contributed by atoms with van der Waals surface area (Å²) >= 11 is 0. The first kappa shape index (κ1) is 14.6. The van der Waals surface area contributed by atoms with Gasteiger partial charge in [-0.2, -0.15) is 0 Å². The van der Waals surface area contributed by atoms with Gasteiger partial charge in [0.05, 0.1) is 11.8 Å². The van der Waals surface area contributed by atoms with Crippen LogP contribution in [-0.4, -0.2) is 23.0 Å². The maximum Gasteiger partial charge on any atom is 0.308 e. The second-order valence-corrected chi connectivity index (χ2v) is 5.36. The van der Waals surface area contributed by atoms with E-state index in [1.807, 2.05) is 37.3 Å². The molecule has 108 valence electrons. The highest BCUT2D eigenvalue weighted by molar-refractivity contribution is 5.84. The van der Waals surface area contributed by atoms with E-state index in [1.165, 1.54) is 0 Å². The predicted molar refractivity (Wildman–Crippen MR) is 76.4 cm³/mol. The van der Waals surface area contributed by atoms with E-state index in [0.29, 0.717) is 12.8 Å². The Labute approximate surface area is 119 Å². The van der Waals surface area contributed by atoms with Crippen LogP contribution in [0.2, 0.25) is 0 Å². The van der Waals surface area contributed by atoms with Crippen molar-refractivity contribution in [1.82, 2.24) is 5.32 Å². The molecule has 1 aromatic rings. The van der Waals surface area contributed by atoms with E-state index in [0.717, 1.165) is 18.4 Å². The van der Waals surface area contributed by atoms with Gasteiger partial charge in [0.15, 0.2) is 0 Å². The van der Waals surface area contributed by atoms with Crippen LogP contribution in [0.5, 0.6) is 0 Å². The molecule has 1 saturated carbocycles. The van der Waals surface area contributed by atoms with Gasteiger partial charge in [0.1, 0.15) is 0 Å². The lowest BCUT2D eigenvalue weighted by molar-refractivity contribution is -0.142. The molecule has 3 unspecified atom stereocenters. The standard InChI is InChI=1S/C16H21NO3/c1-2-12(11-7-4-3-5-8-11)15(18)17-14-10-6-9-13(14)16(19)20/h3-5,7-8,12-14H,2,6,9-10H2,1H3,(H,17,18)(H,19,20). The number of rotatable bonds is 5. The molecule has 1 aliphatic rings. The van der Waals surface area contributed by atoms with Crippen LogP contribution in [-0.2, 0) is 9.59 Å². The molecule has 1 fully saturated rings. The number of carboxylic acids is 1. The first-order valence-electron chi connectivity index (χ1n) is 7.21. The lowest BCUT2D eigenvalue weighted by Crippen LogP contribution is -2.42. The minimum absolute atomic E-state index is 0.0585. The zero-order chi connectivity index (χ0) is 14.5. The number of hydrogen-bond acceptors (Lipinski definition) is 2. The molecule has 4 nitrogen and oxygen atoms in total. The van der Waals surface area contributed by atoms with Crippen molar-refractivity contribution in [3.05, 3.63) is 35.9 Å². The van der Waals surface area contributed by atoms with Crippen LogP contribution in [0.1, 0.15) is 44.1 Å². The monoisotopic (exact) mass is 275 g/mol. The van der Waals surface area contributed by atoms with E-state index in [1.54, 1.807) is 0 Å². The summed E-state index contributed by atoms with van der Waals surface area (Å²) in [5.74, 6) is -1.50. The summed E-state index contributed by atoms with van der Waals surface area (Å²) in [7, 11) is 0. The summed E-state index contributed by atoms with van der Waals surface area (Å²) in [5.41, 5.74) is 0.984. The highest BCUT2D eigenvalue weighted by Gasteiger charge is 2.35. The number of amides is 1. The Morgan fingerprint density at radius 1 is 1.30 bits per heavy atom. The number of hydrogen-bond donors (Lipinski definition) is 2. The molecule has 0 spiro atoms. The van der Waals surface area contributed by atoms with Crippen LogP contribution < -0.4 is 5.32 Å². The fourth-order valence-corrected chi connectivity index (χ4v) is 2.97. The van der Waals surface area contributed by atoms with Gasteiger partial charge in [-0.1, -0.05) is 43.7 Å². The first-order chi connectivity index (χ1) is 9.63. The van der Waals surface area contributed by atoms with Crippen molar-refractivity contribution < 1.29 is 14.7 Å². The maximum absolute atomic E-state index is 12.4. The minimum Gasteiger partial charge on any atom is -0.481 e. The van der Waals surface area contributed by atoms with Gasteiger partial charge in [0, 0.05) is 6.04 Å². The smallest absolute Gasteiger partial charge is 0.308 e. The lowest BCUT2D eigenvalue weighted by atomic mass is 9.94. The van der Waals surface area contributed by atoms with E-state index < -0.39 is 11.9 Å². The Kier molecular flexibility index (Phi) is 4.77. The number of carbonyl (C=O) groups is 2.